The van der Waals surface area contributed by atoms with Crippen molar-refractivity contribution in [1.29, 1.82) is 0 Å². The third-order valence-electron chi connectivity index (χ3n) is 3.04. The van der Waals surface area contributed by atoms with Crippen LogP contribution in [0.15, 0.2) is 0 Å². The van der Waals surface area contributed by atoms with Gasteiger partial charge in [-0.3, -0.25) is 4.90 Å². The summed E-state index contributed by atoms with van der Waals surface area (Å²) in [4.78, 5) is 4.95. The van der Waals surface area contributed by atoms with Crippen molar-refractivity contribution in [2.75, 3.05) is 46.3 Å². The quantitative estimate of drug-likeness (QED) is 0.528. The fourth-order valence-electron chi connectivity index (χ4n) is 1.99. The van der Waals surface area contributed by atoms with Gasteiger partial charge in [0.15, 0.2) is 0 Å². The van der Waals surface area contributed by atoms with Gasteiger partial charge in [0.1, 0.15) is 0 Å². The van der Waals surface area contributed by atoms with Crippen LogP contribution in [0.4, 0.5) is 0 Å². The topological polar surface area (TPSA) is 18.5 Å². The standard InChI is InChI=1S/C12H23N3/c1-4-6-13-11-12(2)15-8-5-7-14(3)9-10-15/h1,12-13H,5-11H2,2-3H3. The van der Waals surface area contributed by atoms with Crippen LogP contribution in [-0.4, -0.2) is 62.2 Å². The number of terminal acetylenes is 1. The van der Waals surface area contributed by atoms with Crippen molar-refractivity contribution in [3.8, 4) is 12.3 Å². The average Bonchev–Trinajstić information content (AvgIpc) is 2.43. The summed E-state index contributed by atoms with van der Waals surface area (Å²) < 4.78 is 0. The van der Waals surface area contributed by atoms with E-state index in [1.165, 1.54) is 32.6 Å². The third kappa shape index (κ3) is 4.65. The number of nitrogens with one attached hydrogen (secondary N) is 1. The molecule has 0 aromatic carbocycles. The van der Waals surface area contributed by atoms with Gasteiger partial charge in [0.2, 0.25) is 0 Å². The van der Waals surface area contributed by atoms with Gasteiger partial charge in [0.25, 0.3) is 0 Å². The Balaban J connectivity index is 2.25. The molecule has 0 bridgehead atoms. The summed E-state index contributed by atoms with van der Waals surface area (Å²) in [6, 6.07) is 0.588. The number of nitrogens with zero attached hydrogens (tertiary/aromatic N) is 2. The molecular weight excluding hydrogens is 186 g/mol. The van der Waals surface area contributed by atoms with Gasteiger partial charge in [-0.2, -0.15) is 0 Å². The van der Waals surface area contributed by atoms with E-state index in [-0.39, 0.29) is 0 Å². The van der Waals surface area contributed by atoms with E-state index in [0.717, 1.165) is 6.54 Å². The molecule has 0 aromatic heterocycles. The summed E-state index contributed by atoms with van der Waals surface area (Å²) in [5, 5.41) is 3.27. The van der Waals surface area contributed by atoms with Crippen LogP contribution < -0.4 is 5.32 Å². The Hall–Kier alpha value is -0.560. The maximum Gasteiger partial charge on any atom is 0.0574 e. The number of rotatable bonds is 4. The first-order valence-electron chi connectivity index (χ1n) is 5.81. The van der Waals surface area contributed by atoms with Gasteiger partial charge in [-0.05, 0) is 33.5 Å². The molecule has 1 aliphatic rings. The lowest BCUT2D eigenvalue weighted by atomic mass is 10.2. The minimum absolute atomic E-state index is 0.588. The number of hydrogen-bond acceptors (Lipinski definition) is 3. The molecular formula is C12H23N3. The van der Waals surface area contributed by atoms with E-state index >= 15 is 0 Å². The van der Waals surface area contributed by atoms with Gasteiger partial charge in [0.05, 0.1) is 6.54 Å². The van der Waals surface area contributed by atoms with Gasteiger partial charge in [-0.1, -0.05) is 5.92 Å². The summed E-state index contributed by atoms with van der Waals surface area (Å²) in [6.07, 6.45) is 6.48. The molecule has 1 unspecified atom stereocenters. The van der Waals surface area contributed by atoms with E-state index in [1.54, 1.807) is 0 Å². The summed E-state index contributed by atoms with van der Waals surface area (Å²) in [6.45, 7) is 8.74. The predicted octanol–water partition coefficient (Wildman–Crippen LogP) is 0.235. The Labute approximate surface area is 93.8 Å². The van der Waals surface area contributed by atoms with Crippen molar-refractivity contribution in [2.45, 2.75) is 19.4 Å². The first kappa shape index (κ1) is 12.5. The highest BCUT2D eigenvalue weighted by atomic mass is 15.2. The van der Waals surface area contributed by atoms with E-state index in [9.17, 15) is 0 Å². The molecule has 0 aromatic rings. The van der Waals surface area contributed by atoms with E-state index in [4.69, 9.17) is 6.42 Å². The molecule has 86 valence electrons. The molecule has 0 spiro atoms. The number of likely N-dealkylation sites (N-methyl/N-ethyl adjacent to an activating group) is 1. The van der Waals surface area contributed by atoms with Crippen LogP contribution >= 0.6 is 0 Å². The molecule has 1 fully saturated rings. The minimum atomic E-state index is 0.588. The molecule has 1 atom stereocenters. The van der Waals surface area contributed by atoms with Crippen molar-refractivity contribution in [3.05, 3.63) is 0 Å². The van der Waals surface area contributed by atoms with E-state index in [2.05, 4.69) is 35.0 Å². The largest absolute Gasteiger partial charge is 0.305 e. The summed E-state index contributed by atoms with van der Waals surface area (Å²) >= 11 is 0. The number of hydrogen-bond donors (Lipinski definition) is 1. The first-order chi connectivity index (χ1) is 7.24. The van der Waals surface area contributed by atoms with Gasteiger partial charge in [0, 0.05) is 25.7 Å². The molecule has 3 heteroatoms. The van der Waals surface area contributed by atoms with Crippen molar-refractivity contribution >= 4 is 0 Å². The molecule has 1 aliphatic heterocycles. The van der Waals surface area contributed by atoms with Crippen LogP contribution in [0, 0.1) is 12.3 Å². The smallest absolute Gasteiger partial charge is 0.0574 e. The molecule has 1 rings (SSSR count). The minimum Gasteiger partial charge on any atom is -0.305 e. The summed E-state index contributed by atoms with van der Waals surface area (Å²) in [7, 11) is 2.20. The highest BCUT2D eigenvalue weighted by Crippen LogP contribution is 2.05. The Kier molecular flexibility index (Phi) is 5.70. The maximum absolute atomic E-state index is 5.20. The molecule has 1 saturated heterocycles. The molecule has 15 heavy (non-hydrogen) atoms. The van der Waals surface area contributed by atoms with E-state index < -0.39 is 0 Å². The van der Waals surface area contributed by atoms with Crippen molar-refractivity contribution in [2.24, 2.45) is 0 Å². The Morgan fingerprint density at radius 3 is 2.87 bits per heavy atom. The van der Waals surface area contributed by atoms with E-state index in [0.29, 0.717) is 12.6 Å². The average molecular weight is 209 g/mol. The zero-order valence-electron chi connectivity index (χ0n) is 10.00. The fraction of sp³-hybridized carbons (Fsp3) is 0.833. The fourth-order valence-corrected chi connectivity index (χ4v) is 1.99. The summed E-state index contributed by atoms with van der Waals surface area (Å²) in [5.74, 6) is 2.61. The monoisotopic (exact) mass is 209 g/mol. The lowest BCUT2D eigenvalue weighted by Crippen LogP contribution is -2.42. The lowest BCUT2D eigenvalue weighted by Gasteiger charge is -2.27. The molecule has 0 saturated carbocycles. The molecule has 0 radical (unpaired) electrons. The molecule has 0 aliphatic carbocycles. The van der Waals surface area contributed by atoms with Crippen LogP contribution in [-0.2, 0) is 0 Å². The van der Waals surface area contributed by atoms with Gasteiger partial charge in [-0.15, -0.1) is 6.42 Å². The Morgan fingerprint density at radius 2 is 2.13 bits per heavy atom. The van der Waals surface area contributed by atoms with E-state index in [1.807, 2.05) is 0 Å². The van der Waals surface area contributed by atoms with Crippen LogP contribution in [0.25, 0.3) is 0 Å². The molecule has 1 heterocycles. The SMILES string of the molecule is C#CCNCC(C)N1CCCN(C)CC1. The normalized spacial score (nSPS) is 21.9. The van der Waals surface area contributed by atoms with Gasteiger partial charge in [-0.25, -0.2) is 0 Å². The zero-order chi connectivity index (χ0) is 11.1. The van der Waals surface area contributed by atoms with Crippen LogP contribution in [0.1, 0.15) is 13.3 Å². The molecule has 1 N–H and O–H groups in total. The third-order valence-corrected chi connectivity index (χ3v) is 3.04. The molecule has 3 nitrogen and oxygen atoms in total. The highest BCUT2D eigenvalue weighted by molar-refractivity contribution is 4.87. The second-order valence-corrected chi connectivity index (χ2v) is 4.38. The van der Waals surface area contributed by atoms with Crippen LogP contribution in [0.3, 0.4) is 0 Å². The maximum atomic E-state index is 5.20. The summed E-state index contributed by atoms with van der Waals surface area (Å²) in [5.41, 5.74) is 0. The predicted molar refractivity (Wildman–Crippen MR) is 64.9 cm³/mol. The Bertz CT molecular complexity index is 209. The van der Waals surface area contributed by atoms with Crippen molar-refractivity contribution < 1.29 is 0 Å². The van der Waals surface area contributed by atoms with Crippen molar-refractivity contribution in [3.63, 3.8) is 0 Å². The highest BCUT2D eigenvalue weighted by Gasteiger charge is 2.16. The molecule has 0 amide bonds. The second kappa shape index (κ2) is 6.84. The lowest BCUT2D eigenvalue weighted by molar-refractivity contribution is 0.212. The van der Waals surface area contributed by atoms with Gasteiger partial charge < -0.3 is 10.2 Å². The zero-order valence-corrected chi connectivity index (χ0v) is 10.00. The first-order valence-corrected chi connectivity index (χ1v) is 5.81. The van der Waals surface area contributed by atoms with Crippen LogP contribution in [0.2, 0.25) is 0 Å². The van der Waals surface area contributed by atoms with Gasteiger partial charge >= 0.3 is 0 Å². The second-order valence-electron chi connectivity index (χ2n) is 4.38. The van der Waals surface area contributed by atoms with Crippen LogP contribution in [0.5, 0.6) is 0 Å². The Morgan fingerprint density at radius 1 is 1.33 bits per heavy atom. The van der Waals surface area contributed by atoms with Crippen molar-refractivity contribution in [1.82, 2.24) is 15.1 Å².